The van der Waals surface area contributed by atoms with E-state index in [1.165, 1.54) is 56.5 Å². The first-order valence-electron chi connectivity index (χ1n) is 7.51. The van der Waals surface area contributed by atoms with Gasteiger partial charge in [-0.05, 0) is 75.1 Å². The minimum atomic E-state index is 0.818. The molecule has 3 atom stereocenters. The Bertz CT molecular complexity index is 462. The Kier molecular flexibility index (Phi) is 2.47. The molecule has 2 heteroatoms. The molecule has 2 fully saturated rings. The molecule has 1 aliphatic heterocycles. The molecule has 1 aromatic rings. The monoisotopic (exact) mass is 242 g/mol. The minimum absolute atomic E-state index is 0.818. The van der Waals surface area contributed by atoms with E-state index in [-0.39, 0.29) is 0 Å². The fourth-order valence-corrected chi connectivity index (χ4v) is 4.47. The van der Waals surface area contributed by atoms with Gasteiger partial charge in [-0.2, -0.15) is 0 Å². The molecule has 0 spiro atoms. The van der Waals surface area contributed by atoms with Gasteiger partial charge in [-0.15, -0.1) is 0 Å². The summed E-state index contributed by atoms with van der Waals surface area (Å²) in [7, 11) is 0. The maximum absolute atomic E-state index is 4.65. The zero-order chi connectivity index (χ0) is 12.1. The quantitative estimate of drug-likeness (QED) is 0.753. The van der Waals surface area contributed by atoms with Gasteiger partial charge < -0.3 is 4.90 Å². The number of aromatic nitrogens is 1. The highest BCUT2D eigenvalue weighted by atomic mass is 15.2. The molecule has 4 rings (SSSR count). The first-order chi connectivity index (χ1) is 8.81. The molecule has 0 N–H and O–H groups in total. The second-order valence-corrected chi connectivity index (χ2v) is 6.49. The second-order valence-electron chi connectivity index (χ2n) is 6.49. The van der Waals surface area contributed by atoms with Crippen molar-refractivity contribution in [3.8, 4) is 0 Å². The lowest BCUT2D eigenvalue weighted by molar-refractivity contribution is 0.239. The first kappa shape index (κ1) is 11.0. The van der Waals surface area contributed by atoms with E-state index in [1.54, 1.807) is 5.56 Å². The van der Waals surface area contributed by atoms with Gasteiger partial charge in [0.15, 0.2) is 0 Å². The van der Waals surface area contributed by atoms with Gasteiger partial charge in [-0.25, -0.2) is 0 Å². The van der Waals surface area contributed by atoms with Crippen LogP contribution in [0.3, 0.4) is 0 Å². The average molecular weight is 242 g/mol. The van der Waals surface area contributed by atoms with Gasteiger partial charge in [0.05, 0.1) is 0 Å². The number of pyridine rings is 1. The smallest absolute Gasteiger partial charge is 0.0441 e. The Morgan fingerprint density at radius 1 is 1.22 bits per heavy atom. The molecule has 2 nitrogen and oxygen atoms in total. The van der Waals surface area contributed by atoms with Crippen LogP contribution in [-0.2, 0) is 6.42 Å². The van der Waals surface area contributed by atoms with E-state index in [2.05, 4.69) is 22.9 Å². The average Bonchev–Trinajstić information content (AvgIpc) is 3.02. The molecule has 0 aromatic carbocycles. The largest absolute Gasteiger partial charge is 0.300 e. The fraction of sp³-hybridized carbons (Fsp3) is 0.688. The molecule has 3 aliphatic rings. The number of hydrogen-bond donors (Lipinski definition) is 0. The fourth-order valence-electron chi connectivity index (χ4n) is 4.47. The van der Waals surface area contributed by atoms with Crippen molar-refractivity contribution in [3.05, 3.63) is 29.1 Å². The first-order valence-corrected chi connectivity index (χ1v) is 7.51. The third kappa shape index (κ3) is 1.62. The summed E-state index contributed by atoms with van der Waals surface area (Å²) in [6.07, 6.45) is 8.93. The van der Waals surface area contributed by atoms with Gasteiger partial charge in [0.2, 0.25) is 0 Å². The van der Waals surface area contributed by atoms with Gasteiger partial charge in [0.25, 0.3) is 0 Å². The molecule has 18 heavy (non-hydrogen) atoms. The predicted octanol–water partition coefficient (Wildman–Crippen LogP) is 2.90. The molecule has 96 valence electrons. The van der Waals surface area contributed by atoms with Crippen LogP contribution < -0.4 is 0 Å². The van der Waals surface area contributed by atoms with Crippen molar-refractivity contribution in [3.63, 3.8) is 0 Å². The molecule has 2 heterocycles. The standard InChI is InChI=1S/C16H22N2/c1-11-6-15-14-9-13(18-4-2-3-5-18)7-12(14)8-16(15)17-10-11/h6,10,12-14H,2-5,7-9H2,1H3. The van der Waals surface area contributed by atoms with Crippen LogP contribution in [0, 0.1) is 12.8 Å². The number of fused-ring (bicyclic) bond motifs is 3. The van der Waals surface area contributed by atoms with Gasteiger partial charge in [-0.3, -0.25) is 4.98 Å². The van der Waals surface area contributed by atoms with Crippen molar-refractivity contribution in [1.29, 1.82) is 0 Å². The van der Waals surface area contributed by atoms with Crippen LogP contribution >= 0.6 is 0 Å². The van der Waals surface area contributed by atoms with Crippen LogP contribution in [0.25, 0.3) is 0 Å². The lowest BCUT2D eigenvalue weighted by Crippen LogP contribution is -2.30. The molecule has 1 saturated heterocycles. The normalized spacial score (nSPS) is 34.8. The Morgan fingerprint density at radius 2 is 2.06 bits per heavy atom. The lowest BCUT2D eigenvalue weighted by Gasteiger charge is -2.24. The highest BCUT2D eigenvalue weighted by molar-refractivity contribution is 5.35. The summed E-state index contributed by atoms with van der Waals surface area (Å²) in [6, 6.07) is 3.27. The molecule has 0 radical (unpaired) electrons. The van der Waals surface area contributed by atoms with E-state index < -0.39 is 0 Å². The summed E-state index contributed by atoms with van der Waals surface area (Å²) in [5, 5.41) is 0. The summed E-state index contributed by atoms with van der Waals surface area (Å²) >= 11 is 0. The van der Waals surface area contributed by atoms with E-state index in [4.69, 9.17) is 0 Å². The topological polar surface area (TPSA) is 16.1 Å². The summed E-state index contributed by atoms with van der Waals surface area (Å²) < 4.78 is 0. The minimum Gasteiger partial charge on any atom is -0.300 e. The third-order valence-corrected chi connectivity index (χ3v) is 5.32. The van der Waals surface area contributed by atoms with Crippen LogP contribution in [0.5, 0.6) is 0 Å². The zero-order valence-electron chi connectivity index (χ0n) is 11.2. The maximum atomic E-state index is 4.65. The van der Waals surface area contributed by atoms with E-state index in [0.717, 1.165) is 17.9 Å². The van der Waals surface area contributed by atoms with Gasteiger partial charge in [0, 0.05) is 17.9 Å². The van der Waals surface area contributed by atoms with E-state index >= 15 is 0 Å². The summed E-state index contributed by atoms with van der Waals surface area (Å²) in [5.41, 5.74) is 4.32. The van der Waals surface area contributed by atoms with Crippen LogP contribution in [0.4, 0.5) is 0 Å². The van der Waals surface area contributed by atoms with E-state index in [9.17, 15) is 0 Å². The molecule has 1 aromatic heterocycles. The van der Waals surface area contributed by atoms with Crippen molar-refractivity contribution >= 4 is 0 Å². The Morgan fingerprint density at radius 3 is 2.89 bits per heavy atom. The van der Waals surface area contributed by atoms with Crippen molar-refractivity contribution in [2.45, 2.75) is 51.0 Å². The Hall–Kier alpha value is -0.890. The number of likely N-dealkylation sites (tertiary alicyclic amines) is 1. The molecule has 0 amide bonds. The zero-order valence-corrected chi connectivity index (χ0v) is 11.2. The number of aryl methyl sites for hydroxylation is 1. The maximum Gasteiger partial charge on any atom is 0.0441 e. The van der Waals surface area contributed by atoms with Gasteiger partial charge in [0.1, 0.15) is 0 Å². The van der Waals surface area contributed by atoms with Crippen LogP contribution in [-0.4, -0.2) is 29.0 Å². The summed E-state index contributed by atoms with van der Waals surface area (Å²) in [6.45, 7) is 4.87. The van der Waals surface area contributed by atoms with Crippen LogP contribution in [0.15, 0.2) is 12.3 Å². The molecule has 3 unspecified atom stereocenters. The highest BCUT2D eigenvalue weighted by Crippen LogP contribution is 2.49. The van der Waals surface area contributed by atoms with Crippen molar-refractivity contribution < 1.29 is 0 Å². The van der Waals surface area contributed by atoms with Crippen molar-refractivity contribution in [2.24, 2.45) is 5.92 Å². The van der Waals surface area contributed by atoms with Gasteiger partial charge >= 0.3 is 0 Å². The lowest BCUT2D eigenvalue weighted by atomic mass is 9.96. The molecular weight excluding hydrogens is 220 g/mol. The Labute approximate surface area is 109 Å². The van der Waals surface area contributed by atoms with Crippen LogP contribution in [0.2, 0.25) is 0 Å². The molecule has 0 bridgehead atoms. The summed E-state index contributed by atoms with van der Waals surface area (Å²) in [5.74, 6) is 1.71. The van der Waals surface area contributed by atoms with E-state index in [1.807, 2.05) is 6.20 Å². The number of rotatable bonds is 1. The van der Waals surface area contributed by atoms with Crippen molar-refractivity contribution in [1.82, 2.24) is 9.88 Å². The SMILES string of the molecule is Cc1cnc2c(c1)C1CC(N3CCCC3)CC1C2. The number of hydrogen-bond acceptors (Lipinski definition) is 2. The molecule has 2 aliphatic carbocycles. The Balaban J connectivity index is 1.58. The van der Waals surface area contributed by atoms with Crippen LogP contribution in [0.1, 0.15) is 48.4 Å². The third-order valence-electron chi connectivity index (χ3n) is 5.32. The number of nitrogens with zero attached hydrogens (tertiary/aromatic N) is 2. The summed E-state index contributed by atoms with van der Waals surface area (Å²) in [4.78, 5) is 7.40. The van der Waals surface area contributed by atoms with E-state index in [0.29, 0.717) is 0 Å². The predicted molar refractivity (Wildman–Crippen MR) is 72.7 cm³/mol. The van der Waals surface area contributed by atoms with Gasteiger partial charge in [-0.1, -0.05) is 6.07 Å². The molecular formula is C16H22N2. The molecule has 1 saturated carbocycles. The second kappa shape index (κ2) is 4.06. The van der Waals surface area contributed by atoms with Crippen molar-refractivity contribution in [2.75, 3.05) is 13.1 Å². The highest BCUT2D eigenvalue weighted by Gasteiger charge is 2.43.